The fourth-order valence-corrected chi connectivity index (χ4v) is 3.65. The van der Waals surface area contributed by atoms with Crippen molar-refractivity contribution in [3.63, 3.8) is 0 Å². The molecule has 126 valence electrons. The van der Waals surface area contributed by atoms with Crippen LogP contribution in [0, 0.1) is 6.92 Å². The van der Waals surface area contributed by atoms with Crippen molar-refractivity contribution >= 4 is 11.8 Å². The average Bonchev–Trinajstić information content (AvgIpc) is 2.54. The zero-order valence-electron chi connectivity index (χ0n) is 14.4. The number of aryl methyl sites for hydroxylation is 1. The van der Waals surface area contributed by atoms with Gasteiger partial charge in [-0.3, -0.25) is 4.79 Å². The Bertz CT molecular complexity index is 758. The van der Waals surface area contributed by atoms with E-state index in [0.29, 0.717) is 18.6 Å². The van der Waals surface area contributed by atoms with E-state index in [-0.39, 0.29) is 17.7 Å². The highest BCUT2D eigenvalue weighted by molar-refractivity contribution is 6.03. The van der Waals surface area contributed by atoms with Crippen molar-refractivity contribution < 1.29 is 14.3 Å². The number of carbonyl (C=O) groups is 2. The Morgan fingerprint density at radius 2 is 2.08 bits per heavy atom. The van der Waals surface area contributed by atoms with Gasteiger partial charge in [-0.2, -0.15) is 0 Å². The maximum atomic E-state index is 12.7. The fourth-order valence-electron chi connectivity index (χ4n) is 3.65. The minimum atomic E-state index is -0.348. The van der Waals surface area contributed by atoms with Crippen molar-refractivity contribution in [2.45, 2.75) is 46.0 Å². The molecule has 1 aliphatic heterocycles. The molecular formula is C20H23NO3. The van der Waals surface area contributed by atoms with E-state index >= 15 is 0 Å². The molecule has 2 aliphatic rings. The van der Waals surface area contributed by atoms with Crippen LogP contribution in [0.1, 0.15) is 50.2 Å². The molecule has 1 heterocycles. The van der Waals surface area contributed by atoms with Crippen LogP contribution in [0.5, 0.6) is 0 Å². The Balaban J connectivity index is 2.17. The predicted molar refractivity (Wildman–Crippen MR) is 92.3 cm³/mol. The topological polar surface area (TPSA) is 55.4 Å². The van der Waals surface area contributed by atoms with Crippen LogP contribution in [0.3, 0.4) is 0 Å². The molecular weight excluding hydrogens is 302 g/mol. The number of Topliss-reactive ketones (excluding diaryl/α,β-unsaturated/α-hetero) is 1. The molecule has 24 heavy (non-hydrogen) atoms. The number of carbonyl (C=O) groups excluding carboxylic acids is 2. The molecule has 0 amide bonds. The first-order valence-electron chi connectivity index (χ1n) is 8.50. The maximum Gasteiger partial charge on any atom is 0.336 e. The summed E-state index contributed by atoms with van der Waals surface area (Å²) in [6.07, 6.45) is 2.24. The first kappa shape index (κ1) is 16.5. The SMILES string of the molecule is CCOC(=O)C1=C(C)NC2=C(C(=O)CCC2)[C@@H]1c1cccc(C)c1. The van der Waals surface area contributed by atoms with Crippen LogP contribution in [-0.4, -0.2) is 18.4 Å². The molecule has 4 nitrogen and oxygen atoms in total. The molecule has 0 saturated heterocycles. The van der Waals surface area contributed by atoms with Crippen LogP contribution >= 0.6 is 0 Å². The highest BCUT2D eigenvalue weighted by atomic mass is 16.5. The second-order valence-corrected chi connectivity index (χ2v) is 6.40. The summed E-state index contributed by atoms with van der Waals surface area (Å²) < 4.78 is 5.28. The van der Waals surface area contributed by atoms with Gasteiger partial charge in [0.2, 0.25) is 0 Å². The Hall–Kier alpha value is -2.36. The highest BCUT2D eigenvalue weighted by Gasteiger charge is 2.38. The summed E-state index contributed by atoms with van der Waals surface area (Å²) in [4.78, 5) is 25.3. The van der Waals surface area contributed by atoms with Gasteiger partial charge in [-0.1, -0.05) is 29.8 Å². The molecule has 1 N–H and O–H groups in total. The van der Waals surface area contributed by atoms with Gasteiger partial charge in [0, 0.05) is 29.3 Å². The average molecular weight is 325 g/mol. The lowest BCUT2D eigenvalue weighted by atomic mass is 9.75. The molecule has 1 atom stereocenters. The second kappa shape index (κ2) is 6.63. The Labute approximate surface area is 142 Å². The standard InChI is InChI=1S/C20H23NO3/c1-4-24-20(23)17-13(3)21-15-9-6-10-16(22)19(15)18(17)14-8-5-7-12(2)11-14/h5,7-8,11,18,21H,4,6,9-10H2,1-3H3/t18-/m1/s1. The van der Waals surface area contributed by atoms with Crippen LogP contribution in [0.15, 0.2) is 46.8 Å². The lowest BCUT2D eigenvalue weighted by Gasteiger charge is -2.34. The summed E-state index contributed by atoms with van der Waals surface area (Å²) in [5, 5.41) is 3.29. The molecule has 1 aliphatic carbocycles. The van der Waals surface area contributed by atoms with E-state index in [1.165, 1.54) is 0 Å². The van der Waals surface area contributed by atoms with Crippen LogP contribution in [0.2, 0.25) is 0 Å². The van der Waals surface area contributed by atoms with Gasteiger partial charge in [0.15, 0.2) is 5.78 Å². The number of rotatable bonds is 3. The van der Waals surface area contributed by atoms with Gasteiger partial charge in [-0.05, 0) is 39.2 Å². The predicted octanol–water partition coefficient (Wildman–Crippen LogP) is 3.53. The summed E-state index contributed by atoms with van der Waals surface area (Å²) in [6.45, 7) is 6.01. The normalized spacial score (nSPS) is 20.6. The van der Waals surface area contributed by atoms with E-state index in [4.69, 9.17) is 4.74 Å². The summed E-state index contributed by atoms with van der Waals surface area (Å²) in [7, 11) is 0. The van der Waals surface area contributed by atoms with Crippen molar-refractivity contribution in [3.8, 4) is 0 Å². The molecule has 0 fully saturated rings. The van der Waals surface area contributed by atoms with Crippen molar-refractivity contribution in [1.82, 2.24) is 5.32 Å². The van der Waals surface area contributed by atoms with E-state index in [0.717, 1.165) is 40.9 Å². The molecule has 3 rings (SSSR count). The van der Waals surface area contributed by atoms with Crippen LogP contribution < -0.4 is 5.32 Å². The molecule has 0 saturated carbocycles. The zero-order valence-corrected chi connectivity index (χ0v) is 14.4. The van der Waals surface area contributed by atoms with E-state index in [2.05, 4.69) is 11.4 Å². The zero-order chi connectivity index (χ0) is 17.3. The largest absolute Gasteiger partial charge is 0.463 e. The molecule has 1 aromatic rings. The van der Waals surface area contributed by atoms with Gasteiger partial charge in [0.1, 0.15) is 0 Å². The second-order valence-electron chi connectivity index (χ2n) is 6.40. The first-order valence-corrected chi connectivity index (χ1v) is 8.50. The highest BCUT2D eigenvalue weighted by Crippen LogP contribution is 2.42. The number of hydrogen-bond acceptors (Lipinski definition) is 4. The molecule has 1 aromatic carbocycles. The number of esters is 1. The molecule has 0 bridgehead atoms. The lowest BCUT2D eigenvalue weighted by molar-refractivity contribution is -0.138. The van der Waals surface area contributed by atoms with Crippen molar-refractivity contribution in [3.05, 3.63) is 57.9 Å². The summed E-state index contributed by atoms with van der Waals surface area (Å²) in [5.74, 6) is -0.559. The van der Waals surface area contributed by atoms with E-state index in [1.54, 1.807) is 6.92 Å². The van der Waals surface area contributed by atoms with Gasteiger partial charge in [0.25, 0.3) is 0 Å². The van der Waals surface area contributed by atoms with Gasteiger partial charge in [-0.15, -0.1) is 0 Å². The number of ketones is 1. The molecule has 0 spiro atoms. The monoisotopic (exact) mass is 325 g/mol. The van der Waals surface area contributed by atoms with Gasteiger partial charge >= 0.3 is 5.97 Å². The summed E-state index contributed by atoms with van der Waals surface area (Å²) >= 11 is 0. The maximum absolute atomic E-state index is 12.7. The third-order valence-electron chi connectivity index (χ3n) is 4.65. The molecule has 0 unspecified atom stereocenters. The van der Waals surface area contributed by atoms with Gasteiger partial charge in [-0.25, -0.2) is 4.79 Å². The van der Waals surface area contributed by atoms with Crippen molar-refractivity contribution in [2.24, 2.45) is 0 Å². The number of nitrogens with one attached hydrogen (secondary N) is 1. The lowest BCUT2D eigenvalue weighted by Crippen LogP contribution is -2.34. The molecule has 0 radical (unpaired) electrons. The Morgan fingerprint density at radius 1 is 1.29 bits per heavy atom. The van der Waals surface area contributed by atoms with Crippen molar-refractivity contribution in [1.29, 1.82) is 0 Å². The minimum Gasteiger partial charge on any atom is -0.463 e. The van der Waals surface area contributed by atoms with Gasteiger partial charge in [0.05, 0.1) is 12.2 Å². The van der Waals surface area contributed by atoms with Crippen LogP contribution in [0.4, 0.5) is 0 Å². The number of benzene rings is 1. The smallest absolute Gasteiger partial charge is 0.336 e. The van der Waals surface area contributed by atoms with Gasteiger partial charge < -0.3 is 10.1 Å². The number of dihydropyridines is 1. The number of allylic oxidation sites excluding steroid dienone is 3. The third kappa shape index (κ3) is 2.88. The fraction of sp³-hybridized carbons (Fsp3) is 0.400. The van der Waals surface area contributed by atoms with Crippen molar-refractivity contribution in [2.75, 3.05) is 6.61 Å². The quantitative estimate of drug-likeness (QED) is 0.864. The van der Waals surface area contributed by atoms with E-state index < -0.39 is 0 Å². The van der Waals surface area contributed by atoms with E-state index in [1.807, 2.05) is 32.0 Å². The first-order chi connectivity index (χ1) is 11.5. The van der Waals surface area contributed by atoms with Crippen LogP contribution in [0.25, 0.3) is 0 Å². The Kier molecular flexibility index (Phi) is 4.56. The van der Waals surface area contributed by atoms with E-state index in [9.17, 15) is 9.59 Å². The Morgan fingerprint density at radius 3 is 2.79 bits per heavy atom. The summed E-state index contributed by atoms with van der Waals surface area (Å²) in [5.41, 5.74) is 5.12. The number of hydrogen-bond donors (Lipinski definition) is 1. The third-order valence-corrected chi connectivity index (χ3v) is 4.65. The van der Waals surface area contributed by atoms with Crippen LogP contribution in [-0.2, 0) is 14.3 Å². The molecule has 0 aromatic heterocycles. The molecule has 4 heteroatoms. The number of ether oxygens (including phenoxy) is 1. The summed E-state index contributed by atoms with van der Waals surface area (Å²) in [6, 6.07) is 8.03. The minimum absolute atomic E-state index is 0.129.